The lowest BCUT2D eigenvalue weighted by atomic mass is 10.0. The third-order valence-corrected chi connectivity index (χ3v) is 3.57. The van der Waals surface area contributed by atoms with Gasteiger partial charge in [-0.2, -0.15) is 0 Å². The molecule has 0 aliphatic carbocycles. The Morgan fingerprint density at radius 1 is 0.833 bits per heavy atom. The van der Waals surface area contributed by atoms with Gasteiger partial charge in [0.05, 0.1) is 0 Å². The van der Waals surface area contributed by atoms with Crippen molar-refractivity contribution in [1.29, 1.82) is 0 Å². The van der Waals surface area contributed by atoms with E-state index >= 15 is 0 Å². The van der Waals surface area contributed by atoms with Crippen LogP contribution in [0.5, 0.6) is 0 Å². The zero-order chi connectivity index (χ0) is 16.9. The van der Waals surface area contributed by atoms with Gasteiger partial charge in [0.15, 0.2) is 5.78 Å². The summed E-state index contributed by atoms with van der Waals surface area (Å²) in [6, 6.07) is 21.2. The summed E-state index contributed by atoms with van der Waals surface area (Å²) in [6.45, 7) is 0. The molecule has 0 aliphatic heterocycles. The molecule has 24 heavy (non-hydrogen) atoms. The fourth-order valence-corrected chi connectivity index (χ4v) is 2.43. The van der Waals surface area contributed by atoms with Crippen LogP contribution in [0.3, 0.4) is 0 Å². The van der Waals surface area contributed by atoms with Gasteiger partial charge in [0.25, 0.3) is 0 Å². The molecule has 0 radical (unpaired) electrons. The number of carbonyl (C=O) groups is 1. The lowest BCUT2D eigenvalue weighted by Crippen LogP contribution is -2.06. The quantitative estimate of drug-likeness (QED) is 0.286. The van der Waals surface area contributed by atoms with Crippen LogP contribution in [0.4, 0.5) is 8.63 Å². The van der Waals surface area contributed by atoms with E-state index in [1.807, 2.05) is 24.3 Å². The Bertz CT molecular complexity index is 892. The van der Waals surface area contributed by atoms with Gasteiger partial charge in [-0.25, -0.2) is 8.63 Å². The molecule has 3 aromatic carbocycles. The smallest absolute Gasteiger partial charge is 0.505 e. The third-order valence-electron chi connectivity index (χ3n) is 3.57. The number of hydrogen-bond donors (Lipinski definition) is 0. The van der Waals surface area contributed by atoms with Crippen molar-refractivity contribution in [2.75, 3.05) is 0 Å². The van der Waals surface area contributed by atoms with Crippen molar-refractivity contribution in [3.8, 4) is 0 Å². The van der Waals surface area contributed by atoms with Crippen molar-refractivity contribution in [3.63, 3.8) is 0 Å². The second-order valence-corrected chi connectivity index (χ2v) is 5.18. The van der Waals surface area contributed by atoms with Crippen molar-refractivity contribution >= 4 is 29.8 Å². The predicted molar refractivity (Wildman–Crippen MR) is 91.8 cm³/mol. The SMILES string of the molecule is O=C(/C=C(\OB(F)F)c1ccc2ccccc2c1)c1ccccc1. The molecule has 0 aliphatic rings. The zero-order valence-corrected chi connectivity index (χ0v) is 12.7. The lowest BCUT2D eigenvalue weighted by Gasteiger charge is -2.10. The van der Waals surface area contributed by atoms with E-state index in [0.29, 0.717) is 11.1 Å². The molecule has 0 saturated heterocycles. The minimum absolute atomic E-state index is 0.149. The van der Waals surface area contributed by atoms with E-state index in [0.717, 1.165) is 16.8 Å². The van der Waals surface area contributed by atoms with Crippen molar-refractivity contribution in [3.05, 3.63) is 90.0 Å². The number of ketones is 1. The zero-order valence-electron chi connectivity index (χ0n) is 12.7. The van der Waals surface area contributed by atoms with Gasteiger partial charge < -0.3 is 4.65 Å². The Hall–Kier alpha value is -2.95. The average Bonchev–Trinajstić information content (AvgIpc) is 2.61. The molecule has 0 N–H and O–H groups in total. The van der Waals surface area contributed by atoms with Crippen LogP contribution in [0.25, 0.3) is 16.5 Å². The van der Waals surface area contributed by atoms with Crippen LogP contribution in [-0.4, -0.2) is 13.3 Å². The summed E-state index contributed by atoms with van der Waals surface area (Å²) in [5.41, 5.74) is 0.840. The molecule has 118 valence electrons. The Morgan fingerprint density at radius 2 is 1.50 bits per heavy atom. The monoisotopic (exact) mass is 322 g/mol. The molecular weight excluding hydrogens is 309 g/mol. The van der Waals surface area contributed by atoms with Gasteiger partial charge in [-0.3, -0.25) is 4.79 Å². The highest BCUT2D eigenvalue weighted by molar-refractivity contribution is 6.36. The Balaban J connectivity index is 2.01. The summed E-state index contributed by atoms with van der Waals surface area (Å²) < 4.78 is 30.1. The normalized spacial score (nSPS) is 11.3. The van der Waals surface area contributed by atoms with E-state index in [1.54, 1.807) is 48.5 Å². The average molecular weight is 322 g/mol. The number of carbonyl (C=O) groups excluding carboxylic acids is 1. The second-order valence-electron chi connectivity index (χ2n) is 5.18. The van der Waals surface area contributed by atoms with E-state index in [1.165, 1.54) is 0 Å². The first-order chi connectivity index (χ1) is 11.6. The maximum Gasteiger partial charge on any atom is 0.796 e. The summed E-state index contributed by atoms with van der Waals surface area (Å²) in [5, 5.41) is 1.86. The second kappa shape index (κ2) is 7.09. The van der Waals surface area contributed by atoms with E-state index in [2.05, 4.69) is 4.65 Å². The van der Waals surface area contributed by atoms with Gasteiger partial charge in [0, 0.05) is 17.2 Å². The molecule has 0 saturated carbocycles. The molecule has 0 spiro atoms. The van der Waals surface area contributed by atoms with Crippen LogP contribution < -0.4 is 0 Å². The molecule has 0 amide bonds. The molecule has 3 aromatic rings. The summed E-state index contributed by atoms with van der Waals surface area (Å²) in [7, 11) is -3.01. The highest BCUT2D eigenvalue weighted by atomic mass is 19.2. The van der Waals surface area contributed by atoms with E-state index in [4.69, 9.17) is 0 Å². The highest BCUT2D eigenvalue weighted by Gasteiger charge is 2.21. The minimum atomic E-state index is -3.01. The van der Waals surface area contributed by atoms with E-state index in [-0.39, 0.29) is 11.5 Å². The van der Waals surface area contributed by atoms with Crippen LogP contribution in [0, 0.1) is 0 Å². The van der Waals surface area contributed by atoms with Crippen molar-refractivity contribution in [2.24, 2.45) is 0 Å². The Labute approximate surface area is 138 Å². The van der Waals surface area contributed by atoms with Gasteiger partial charge >= 0.3 is 7.47 Å². The number of fused-ring (bicyclic) bond motifs is 1. The number of allylic oxidation sites excluding steroid dienone is 1. The topological polar surface area (TPSA) is 26.3 Å². The van der Waals surface area contributed by atoms with Crippen LogP contribution in [-0.2, 0) is 4.65 Å². The predicted octanol–water partition coefficient (Wildman–Crippen LogP) is 5.00. The molecule has 2 nitrogen and oxygen atoms in total. The first-order valence-corrected chi connectivity index (χ1v) is 7.38. The standard InChI is InChI=1S/C19H13BF2O2/c21-20(22)24-19(13-18(23)15-7-2-1-3-8-15)17-11-10-14-6-4-5-9-16(14)12-17/h1-13H/b19-13-. The first kappa shape index (κ1) is 15.9. The molecule has 0 heterocycles. The third kappa shape index (κ3) is 3.69. The van der Waals surface area contributed by atoms with Gasteiger partial charge in [-0.1, -0.05) is 66.7 Å². The molecule has 0 bridgehead atoms. The molecule has 0 fully saturated rings. The van der Waals surface area contributed by atoms with Crippen LogP contribution >= 0.6 is 0 Å². The first-order valence-electron chi connectivity index (χ1n) is 7.38. The molecule has 0 aromatic heterocycles. The molecule has 5 heteroatoms. The van der Waals surface area contributed by atoms with Crippen molar-refractivity contribution in [2.45, 2.75) is 0 Å². The highest BCUT2D eigenvalue weighted by Crippen LogP contribution is 2.23. The summed E-state index contributed by atoms with van der Waals surface area (Å²) in [5.74, 6) is -0.538. The number of halogens is 2. The molecule has 0 unspecified atom stereocenters. The van der Waals surface area contributed by atoms with Gasteiger partial charge in [0.2, 0.25) is 0 Å². The summed E-state index contributed by atoms with van der Waals surface area (Å²) in [6.07, 6.45) is 1.10. The maximum absolute atomic E-state index is 12.8. The Kier molecular flexibility index (Phi) is 4.70. The number of rotatable bonds is 5. The van der Waals surface area contributed by atoms with Crippen molar-refractivity contribution < 1.29 is 18.1 Å². The summed E-state index contributed by atoms with van der Waals surface area (Å²) in [4.78, 5) is 12.3. The van der Waals surface area contributed by atoms with E-state index in [9.17, 15) is 13.4 Å². The molecule has 3 rings (SSSR count). The Morgan fingerprint density at radius 3 is 2.21 bits per heavy atom. The number of hydrogen-bond acceptors (Lipinski definition) is 2. The van der Waals surface area contributed by atoms with Gasteiger partial charge in [-0.15, -0.1) is 0 Å². The maximum atomic E-state index is 12.8. The lowest BCUT2D eigenvalue weighted by molar-refractivity contribution is 0.104. The molecular formula is C19H13BF2O2. The van der Waals surface area contributed by atoms with Crippen molar-refractivity contribution in [1.82, 2.24) is 0 Å². The molecule has 0 atom stereocenters. The largest absolute Gasteiger partial charge is 0.796 e. The summed E-state index contributed by atoms with van der Waals surface area (Å²) >= 11 is 0. The van der Waals surface area contributed by atoms with Crippen LogP contribution in [0.2, 0.25) is 0 Å². The fourth-order valence-electron chi connectivity index (χ4n) is 2.43. The fraction of sp³-hybridized carbons (Fsp3) is 0. The van der Waals surface area contributed by atoms with E-state index < -0.39 is 7.47 Å². The number of benzene rings is 3. The van der Waals surface area contributed by atoms with Gasteiger partial charge in [0.1, 0.15) is 5.76 Å². The minimum Gasteiger partial charge on any atom is -0.505 e. The van der Waals surface area contributed by atoms with Crippen LogP contribution in [0.1, 0.15) is 15.9 Å². The van der Waals surface area contributed by atoms with Crippen LogP contribution in [0.15, 0.2) is 78.9 Å². The van der Waals surface area contributed by atoms with Gasteiger partial charge in [-0.05, 0) is 16.8 Å².